The molecule has 1 aliphatic carbocycles. The van der Waals surface area contributed by atoms with Gasteiger partial charge >= 0.3 is 0 Å². The summed E-state index contributed by atoms with van der Waals surface area (Å²) < 4.78 is 26.4. The lowest BCUT2D eigenvalue weighted by molar-refractivity contribution is 0.0532. The topological polar surface area (TPSA) is 79.3 Å². The highest BCUT2D eigenvalue weighted by Gasteiger charge is 2.32. The first-order valence-corrected chi connectivity index (χ1v) is 8.09. The second-order valence-corrected chi connectivity index (χ2v) is 7.23. The molecule has 1 fully saturated rings. The van der Waals surface area contributed by atoms with E-state index in [9.17, 15) is 13.5 Å². The Balaban J connectivity index is 2.11. The van der Waals surface area contributed by atoms with Gasteiger partial charge in [-0.3, -0.25) is 0 Å². The smallest absolute Gasteiger partial charge is 0.242 e. The van der Waals surface area contributed by atoms with E-state index in [2.05, 4.69) is 9.71 Å². The summed E-state index contributed by atoms with van der Waals surface area (Å²) >= 11 is 11.4. The van der Waals surface area contributed by atoms with E-state index >= 15 is 0 Å². The van der Waals surface area contributed by atoms with Gasteiger partial charge in [0.05, 0.1) is 10.6 Å². The molecule has 2 rings (SSSR count). The average molecular weight is 325 g/mol. The van der Waals surface area contributed by atoms with Crippen molar-refractivity contribution in [2.45, 2.75) is 36.2 Å². The van der Waals surface area contributed by atoms with Crippen LogP contribution in [0.1, 0.15) is 25.7 Å². The number of nitrogens with one attached hydrogen (secondary N) is 1. The predicted molar refractivity (Wildman–Crippen MR) is 72.9 cm³/mol. The van der Waals surface area contributed by atoms with Gasteiger partial charge < -0.3 is 5.11 Å². The fourth-order valence-electron chi connectivity index (χ4n) is 2.07. The number of pyridine rings is 1. The van der Waals surface area contributed by atoms with Gasteiger partial charge in [-0.2, -0.15) is 0 Å². The van der Waals surface area contributed by atoms with Crippen LogP contribution in [0, 0.1) is 0 Å². The number of aliphatic hydroxyl groups is 1. The van der Waals surface area contributed by atoms with Gasteiger partial charge in [0.15, 0.2) is 0 Å². The predicted octanol–water partition coefficient (Wildman–Crippen LogP) is 1.97. The Hall–Kier alpha value is -0.400. The van der Waals surface area contributed by atoms with Gasteiger partial charge in [-0.15, -0.1) is 0 Å². The standard InChI is InChI=1S/C11H14Cl2N2O3S/c12-9-5-8(6-14-10(9)13)19(17,18)15-7-11(16)3-1-2-4-11/h5-6,15-16H,1-4,7H2. The van der Waals surface area contributed by atoms with Crippen LogP contribution in [0.3, 0.4) is 0 Å². The molecule has 1 aromatic heterocycles. The van der Waals surface area contributed by atoms with Crippen LogP contribution in [0.2, 0.25) is 10.2 Å². The van der Waals surface area contributed by atoms with Gasteiger partial charge in [-0.25, -0.2) is 18.1 Å². The molecule has 1 heterocycles. The molecule has 0 amide bonds. The zero-order valence-electron chi connectivity index (χ0n) is 10.1. The SMILES string of the molecule is O=S(=O)(NCC1(O)CCCC1)c1cnc(Cl)c(Cl)c1. The lowest BCUT2D eigenvalue weighted by atomic mass is 10.0. The summed E-state index contributed by atoms with van der Waals surface area (Å²) in [7, 11) is -3.74. The molecular formula is C11H14Cl2N2O3S. The van der Waals surface area contributed by atoms with Crippen molar-refractivity contribution in [3.05, 3.63) is 22.4 Å². The minimum Gasteiger partial charge on any atom is -0.389 e. The number of halogens is 2. The maximum Gasteiger partial charge on any atom is 0.242 e. The molecule has 1 aliphatic rings. The van der Waals surface area contributed by atoms with Crippen LogP contribution in [0.25, 0.3) is 0 Å². The number of rotatable bonds is 4. The molecule has 0 aromatic carbocycles. The summed E-state index contributed by atoms with van der Waals surface area (Å²) in [5.41, 5.74) is -0.948. The van der Waals surface area contributed by atoms with Crippen LogP contribution in [0.5, 0.6) is 0 Å². The molecule has 0 spiro atoms. The third kappa shape index (κ3) is 3.58. The summed E-state index contributed by atoms with van der Waals surface area (Å²) in [6.45, 7) is -0.00439. The fraction of sp³-hybridized carbons (Fsp3) is 0.545. The molecule has 1 aromatic rings. The molecule has 1 saturated carbocycles. The maximum absolute atomic E-state index is 12.0. The second kappa shape index (κ2) is 5.54. The van der Waals surface area contributed by atoms with E-state index in [-0.39, 0.29) is 21.6 Å². The van der Waals surface area contributed by atoms with Gasteiger partial charge in [0.25, 0.3) is 0 Å². The lowest BCUT2D eigenvalue weighted by Gasteiger charge is -2.22. The average Bonchev–Trinajstić information content (AvgIpc) is 2.78. The van der Waals surface area contributed by atoms with Crippen molar-refractivity contribution in [3.8, 4) is 0 Å². The Bertz CT molecular complexity index is 571. The largest absolute Gasteiger partial charge is 0.389 e. The monoisotopic (exact) mass is 324 g/mol. The number of hydrogen-bond acceptors (Lipinski definition) is 4. The van der Waals surface area contributed by atoms with Gasteiger partial charge in [-0.05, 0) is 18.9 Å². The Morgan fingerprint density at radius 2 is 2.00 bits per heavy atom. The summed E-state index contributed by atoms with van der Waals surface area (Å²) in [5, 5.41) is 10.2. The molecule has 0 unspecified atom stereocenters. The van der Waals surface area contributed by atoms with Crippen molar-refractivity contribution in [1.82, 2.24) is 9.71 Å². The second-order valence-electron chi connectivity index (χ2n) is 4.70. The first kappa shape index (κ1) is 15.0. The van der Waals surface area contributed by atoms with Gasteiger partial charge in [0.2, 0.25) is 10.0 Å². The highest BCUT2D eigenvalue weighted by molar-refractivity contribution is 7.89. The molecule has 0 bridgehead atoms. The molecule has 106 valence electrons. The first-order chi connectivity index (χ1) is 8.82. The van der Waals surface area contributed by atoms with E-state index in [4.69, 9.17) is 23.2 Å². The van der Waals surface area contributed by atoms with Crippen LogP contribution in [0.4, 0.5) is 0 Å². The zero-order valence-corrected chi connectivity index (χ0v) is 12.4. The van der Waals surface area contributed by atoms with Gasteiger partial charge in [0, 0.05) is 12.7 Å². The van der Waals surface area contributed by atoms with Crippen molar-refractivity contribution >= 4 is 33.2 Å². The van der Waals surface area contributed by atoms with Crippen molar-refractivity contribution in [2.24, 2.45) is 0 Å². The summed E-state index contributed by atoms with van der Waals surface area (Å²) in [4.78, 5) is 3.63. The molecule has 5 nitrogen and oxygen atoms in total. The Kier molecular flexibility index (Phi) is 4.37. The van der Waals surface area contributed by atoms with E-state index in [0.717, 1.165) is 19.0 Å². The molecule has 0 atom stereocenters. The van der Waals surface area contributed by atoms with Gasteiger partial charge in [-0.1, -0.05) is 36.0 Å². The third-order valence-corrected chi connectivity index (χ3v) is 5.26. The minimum atomic E-state index is -3.74. The minimum absolute atomic E-state index is 0.00439. The van der Waals surface area contributed by atoms with Crippen molar-refractivity contribution in [2.75, 3.05) is 6.54 Å². The van der Waals surface area contributed by atoms with Crippen molar-refractivity contribution < 1.29 is 13.5 Å². The third-order valence-electron chi connectivity index (χ3n) is 3.21. The quantitative estimate of drug-likeness (QED) is 0.830. The molecule has 0 saturated heterocycles. The summed E-state index contributed by atoms with van der Waals surface area (Å²) in [6.07, 6.45) is 4.17. The fourth-order valence-corrected chi connectivity index (χ4v) is 3.50. The molecule has 2 N–H and O–H groups in total. The Morgan fingerprint density at radius 3 is 2.58 bits per heavy atom. The van der Waals surface area contributed by atoms with Crippen LogP contribution in [-0.4, -0.2) is 30.7 Å². The lowest BCUT2D eigenvalue weighted by Crippen LogP contribution is -2.40. The summed E-state index contributed by atoms with van der Waals surface area (Å²) in [6, 6.07) is 1.23. The highest BCUT2D eigenvalue weighted by Crippen LogP contribution is 2.29. The highest BCUT2D eigenvalue weighted by atomic mass is 35.5. The van der Waals surface area contributed by atoms with E-state index in [0.29, 0.717) is 12.8 Å². The van der Waals surface area contributed by atoms with Gasteiger partial charge in [0.1, 0.15) is 10.0 Å². The maximum atomic E-state index is 12.0. The zero-order chi connectivity index (χ0) is 14.1. The van der Waals surface area contributed by atoms with Crippen LogP contribution < -0.4 is 4.72 Å². The molecule has 0 aliphatic heterocycles. The van der Waals surface area contributed by atoms with E-state index in [1.54, 1.807) is 0 Å². The van der Waals surface area contributed by atoms with Crippen molar-refractivity contribution in [1.29, 1.82) is 0 Å². The van der Waals surface area contributed by atoms with Crippen molar-refractivity contribution in [3.63, 3.8) is 0 Å². The Labute approximate surface area is 122 Å². The number of nitrogens with zero attached hydrogens (tertiary/aromatic N) is 1. The van der Waals surface area contributed by atoms with Crippen LogP contribution >= 0.6 is 23.2 Å². The normalized spacial score (nSPS) is 18.7. The number of hydrogen-bond donors (Lipinski definition) is 2. The molecule has 0 radical (unpaired) electrons. The summed E-state index contributed by atoms with van der Waals surface area (Å²) in [5.74, 6) is 0. The van der Waals surface area contributed by atoms with E-state index in [1.807, 2.05) is 0 Å². The van der Waals surface area contributed by atoms with E-state index < -0.39 is 15.6 Å². The molecule has 19 heavy (non-hydrogen) atoms. The van der Waals surface area contributed by atoms with Crippen LogP contribution in [-0.2, 0) is 10.0 Å². The molecular weight excluding hydrogens is 311 g/mol. The van der Waals surface area contributed by atoms with Crippen LogP contribution in [0.15, 0.2) is 17.2 Å². The first-order valence-electron chi connectivity index (χ1n) is 5.86. The number of aromatic nitrogens is 1. The van der Waals surface area contributed by atoms with E-state index in [1.165, 1.54) is 6.07 Å². The Morgan fingerprint density at radius 1 is 1.37 bits per heavy atom. The molecule has 8 heteroatoms. The number of sulfonamides is 1.